The van der Waals surface area contributed by atoms with Gasteiger partial charge in [0.15, 0.2) is 0 Å². The second-order valence-corrected chi connectivity index (χ2v) is 16.4. The van der Waals surface area contributed by atoms with E-state index >= 15 is 8.78 Å². The molecular weight excluding hydrogens is 767 g/mol. The monoisotopic (exact) mass is 810 g/mol. The molecule has 0 unspecified atom stereocenters. The third kappa shape index (κ3) is 9.98. The van der Waals surface area contributed by atoms with Crippen LogP contribution in [0.4, 0.5) is 20.2 Å². The van der Waals surface area contributed by atoms with Gasteiger partial charge >= 0.3 is 11.7 Å². The van der Waals surface area contributed by atoms with Gasteiger partial charge in [-0.3, -0.25) is 19.1 Å². The average molecular weight is 811 g/mol. The highest BCUT2D eigenvalue weighted by Crippen LogP contribution is 2.25. The number of hydrogen-bond donors (Lipinski definition) is 3. The molecule has 3 heterocycles. The lowest BCUT2D eigenvalue weighted by atomic mass is 9.95. The van der Waals surface area contributed by atoms with Crippen molar-refractivity contribution in [2.24, 2.45) is 12.5 Å². The number of sulfonamides is 1. The number of nitrogens with zero attached hydrogens (tertiary/aromatic N) is 3. The molecule has 0 bridgehead atoms. The molecule has 1 fully saturated rings. The van der Waals surface area contributed by atoms with E-state index < -0.39 is 73.6 Å². The van der Waals surface area contributed by atoms with Gasteiger partial charge in [-0.05, 0) is 68.7 Å². The Morgan fingerprint density at radius 2 is 1.67 bits per heavy atom. The number of amides is 2. The molecule has 4 aromatic rings. The molecule has 0 saturated carbocycles. The van der Waals surface area contributed by atoms with E-state index in [1.807, 2.05) is 4.72 Å². The predicted octanol–water partition coefficient (Wildman–Crippen LogP) is 4.07. The fourth-order valence-corrected chi connectivity index (χ4v) is 6.79. The highest BCUT2D eigenvalue weighted by molar-refractivity contribution is 7.92. The van der Waals surface area contributed by atoms with Crippen molar-refractivity contribution in [1.29, 1.82) is 0 Å². The summed E-state index contributed by atoms with van der Waals surface area (Å²) in [6, 6.07) is 7.78. The van der Waals surface area contributed by atoms with Gasteiger partial charge in [-0.2, -0.15) is 0 Å². The van der Waals surface area contributed by atoms with Crippen LogP contribution in [0, 0.1) is 30.9 Å². The van der Waals surface area contributed by atoms with Gasteiger partial charge in [0.2, 0.25) is 5.91 Å². The maximum Gasteiger partial charge on any atom is 0.336 e. The Morgan fingerprint density at radius 3 is 2.28 bits per heavy atom. The zero-order chi connectivity index (χ0) is 41.8. The smallest absolute Gasteiger partial charge is 0.336 e. The number of aryl methyl sites for hydroxylation is 1. The van der Waals surface area contributed by atoms with Crippen LogP contribution in [0.5, 0.6) is 0 Å². The summed E-state index contributed by atoms with van der Waals surface area (Å²) in [6.07, 6.45) is 1.82. The zero-order valence-corrected chi connectivity index (χ0v) is 33.1. The van der Waals surface area contributed by atoms with Crippen LogP contribution in [0.25, 0.3) is 5.82 Å². The van der Waals surface area contributed by atoms with Gasteiger partial charge in [-0.1, -0.05) is 26.8 Å². The molecule has 2 amide bonds. The summed E-state index contributed by atoms with van der Waals surface area (Å²) in [4.78, 5) is 68.7. The van der Waals surface area contributed by atoms with Crippen molar-refractivity contribution in [3.8, 4) is 5.82 Å². The summed E-state index contributed by atoms with van der Waals surface area (Å²) in [5, 5.41) is 5.08. The lowest BCUT2D eigenvalue weighted by Crippen LogP contribution is -2.44. The lowest BCUT2D eigenvalue weighted by molar-refractivity contribution is -0.155. The molecular formula is C39H44F2N6O9S. The highest BCUT2D eigenvalue weighted by Gasteiger charge is 2.29. The number of benzene rings is 2. The molecule has 18 heteroatoms. The number of carbonyl (C=O) groups is 3. The number of rotatable bonds is 12. The van der Waals surface area contributed by atoms with Crippen molar-refractivity contribution < 1.29 is 41.1 Å². The first-order valence-electron chi connectivity index (χ1n) is 18.0. The van der Waals surface area contributed by atoms with Gasteiger partial charge in [-0.15, -0.1) is 0 Å². The summed E-state index contributed by atoms with van der Waals surface area (Å²) >= 11 is 0. The van der Waals surface area contributed by atoms with Crippen molar-refractivity contribution in [2.45, 2.75) is 77.3 Å². The maximum absolute atomic E-state index is 15.4. The number of anilines is 2. The molecule has 0 aliphatic carbocycles. The standard InChI is InChI=1S/C39H44F2N6O9S/c1-22-23(2)46(6)38(52)47(35(22)49)33-14-8-24(21-42-33)7-13-31(36(50)56-26-15-17-55-18-16-26)44-34(48)28-19-30(41)32(20-29(28)40)45-57(53,54)27-11-9-25(10-12-27)43-37(51)39(3,4)5/h8-12,14,19-21,26,31,45H,7,13,15-18H2,1-6H3,(H,43,51)(H,44,48)/t31-/m0/s1. The topological polar surface area (TPSA) is 197 Å². The number of carbonyl (C=O) groups excluding carboxylic acids is 3. The van der Waals surface area contributed by atoms with Gasteiger partial charge in [-0.25, -0.2) is 36.3 Å². The molecule has 15 nitrogen and oxygen atoms in total. The number of pyridine rings is 1. The van der Waals surface area contributed by atoms with Crippen LogP contribution >= 0.6 is 0 Å². The second kappa shape index (κ2) is 17.2. The molecule has 2 aromatic heterocycles. The Labute approximate surface area is 327 Å². The van der Waals surface area contributed by atoms with Gasteiger partial charge in [0.25, 0.3) is 21.5 Å². The molecule has 1 atom stereocenters. The normalized spacial score (nSPS) is 14.1. The first kappa shape index (κ1) is 42.4. The summed E-state index contributed by atoms with van der Waals surface area (Å²) in [6.45, 7) is 9.11. The van der Waals surface area contributed by atoms with E-state index in [-0.39, 0.29) is 29.5 Å². The number of halogens is 2. The Kier molecular flexibility index (Phi) is 12.8. The number of esters is 1. The van der Waals surface area contributed by atoms with Crippen molar-refractivity contribution in [2.75, 3.05) is 23.3 Å². The van der Waals surface area contributed by atoms with Crippen LogP contribution in [-0.2, 0) is 42.6 Å². The summed E-state index contributed by atoms with van der Waals surface area (Å²) < 4.78 is 72.1. The molecule has 304 valence electrons. The van der Waals surface area contributed by atoms with E-state index in [1.54, 1.807) is 47.7 Å². The number of hydrogen-bond acceptors (Lipinski definition) is 10. The second-order valence-electron chi connectivity index (χ2n) is 14.7. The van der Waals surface area contributed by atoms with Crippen LogP contribution < -0.4 is 26.6 Å². The minimum atomic E-state index is -4.44. The molecule has 1 aliphatic rings. The summed E-state index contributed by atoms with van der Waals surface area (Å²) in [5.41, 5.74) is -1.59. The van der Waals surface area contributed by atoms with Crippen LogP contribution in [0.3, 0.4) is 0 Å². The molecule has 5 rings (SSSR count). The van der Waals surface area contributed by atoms with Crippen LogP contribution in [0.2, 0.25) is 0 Å². The quantitative estimate of drug-likeness (QED) is 0.176. The molecule has 1 saturated heterocycles. The van der Waals surface area contributed by atoms with E-state index in [4.69, 9.17) is 9.47 Å². The highest BCUT2D eigenvalue weighted by atomic mass is 32.2. The minimum absolute atomic E-state index is 0.0686. The Balaban J connectivity index is 1.31. The van der Waals surface area contributed by atoms with Gasteiger partial charge in [0, 0.05) is 54.5 Å². The first-order chi connectivity index (χ1) is 26.8. The van der Waals surface area contributed by atoms with Crippen molar-refractivity contribution in [1.82, 2.24) is 19.4 Å². The number of ether oxygens (including phenoxy) is 2. The van der Waals surface area contributed by atoms with Crippen molar-refractivity contribution in [3.63, 3.8) is 0 Å². The number of aromatic nitrogens is 3. The zero-order valence-electron chi connectivity index (χ0n) is 32.3. The van der Waals surface area contributed by atoms with Crippen LogP contribution in [0.1, 0.15) is 67.2 Å². The minimum Gasteiger partial charge on any atom is -0.461 e. The predicted molar refractivity (Wildman–Crippen MR) is 206 cm³/mol. The Morgan fingerprint density at radius 1 is 1.00 bits per heavy atom. The molecule has 0 radical (unpaired) electrons. The summed E-state index contributed by atoms with van der Waals surface area (Å²) in [5.74, 6) is -4.76. The fourth-order valence-electron chi connectivity index (χ4n) is 5.73. The fraction of sp³-hybridized carbons (Fsp3) is 0.385. The van der Waals surface area contributed by atoms with Gasteiger partial charge in [0.1, 0.15) is 29.6 Å². The van der Waals surface area contributed by atoms with Gasteiger partial charge < -0.3 is 24.7 Å². The van der Waals surface area contributed by atoms with E-state index in [1.165, 1.54) is 41.1 Å². The Bertz CT molecular complexity index is 2370. The van der Waals surface area contributed by atoms with Crippen molar-refractivity contribution in [3.05, 3.63) is 110 Å². The average Bonchev–Trinajstić information content (AvgIpc) is 3.16. The third-order valence-corrected chi connectivity index (χ3v) is 10.9. The summed E-state index contributed by atoms with van der Waals surface area (Å²) in [7, 11) is -2.90. The molecule has 0 spiro atoms. The molecule has 2 aromatic carbocycles. The SMILES string of the molecule is Cc1c(C)n(C)c(=O)n(-c2ccc(CC[C@H](NC(=O)c3cc(F)c(NS(=O)(=O)c4ccc(NC(=O)C(C)(C)C)cc4)cc3F)C(=O)OC3CCOCC3)cn2)c1=O. The van der Waals surface area contributed by atoms with Crippen LogP contribution in [-0.4, -0.2) is 65.7 Å². The maximum atomic E-state index is 15.4. The van der Waals surface area contributed by atoms with E-state index in [2.05, 4.69) is 15.6 Å². The largest absolute Gasteiger partial charge is 0.461 e. The number of nitrogens with one attached hydrogen (secondary N) is 3. The lowest BCUT2D eigenvalue weighted by Gasteiger charge is -2.25. The first-order valence-corrected chi connectivity index (χ1v) is 19.5. The molecule has 57 heavy (non-hydrogen) atoms. The van der Waals surface area contributed by atoms with Crippen LogP contribution in [0.15, 0.2) is 69.2 Å². The van der Waals surface area contributed by atoms with E-state index in [0.29, 0.717) is 60.7 Å². The third-order valence-electron chi connectivity index (χ3n) is 9.50. The molecule has 3 N–H and O–H groups in total. The van der Waals surface area contributed by atoms with E-state index in [9.17, 15) is 32.4 Å². The van der Waals surface area contributed by atoms with E-state index in [0.717, 1.165) is 4.57 Å². The van der Waals surface area contributed by atoms with Gasteiger partial charge in [0.05, 0.1) is 29.4 Å². The van der Waals surface area contributed by atoms with Crippen molar-refractivity contribution >= 4 is 39.2 Å². The Hall–Kier alpha value is -5.75. The molecule has 1 aliphatic heterocycles.